The number of nitrogens with one attached hydrogen (secondary N) is 1. The third kappa shape index (κ3) is 5.92. The predicted molar refractivity (Wildman–Crippen MR) is 125 cm³/mol. The molecule has 1 heterocycles. The highest BCUT2D eigenvalue weighted by Crippen LogP contribution is 2.27. The van der Waals surface area contributed by atoms with Crippen LogP contribution in [0.5, 0.6) is 5.75 Å². The van der Waals surface area contributed by atoms with E-state index >= 15 is 0 Å². The highest BCUT2D eigenvalue weighted by Gasteiger charge is 2.35. The van der Waals surface area contributed by atoms with E-state index in [9.17, 15) is 18.8 Å². The molecule has 34 heavy (non-hydrogen) atoms. The van der Waals surface area contributed by atoms with Gasteiger partial charge in [0, 0.05) is 25.1 Å². The largest absolute Gasteiger partial charge is 0.435 e. The number of ether oxygens (including phenoxy) is 1. The van der Waals surface area contributed by atoms with E-state index in [-0.39, 0.29) is 29.8 Å². The van der Waals surface area contributed by atoms with Crippen molar-refractivity contribution in [3.8, 4) is 11.9 Å². The maximum absolute atomic E-state index is 12.6. The lowest BCUT2D eigenvalue weighted by Gasteiger charge is -2.28. The monoisotopic (exact) mass is 508 g/mol. The van der Waals surface area contributed by atoms with Crippen LogP contribution in [0.4, 0.5) is 14.5 Å². The number of carbonyl (C=O) groups is 1. The van der Waals surface area contributed by atoms with Gasteiger partial charge >= 0.3 is 6.61 Å². The van der Waals surface area contributed by atoms with Gasteiger partial charge in [0.15, 0.2) is 6.19 Å². The quantitative estimate of drug-likeness (QED) is 0.266. The minimum absolute atomic E-state index is 0.0383. The van der Waals surface area contributed by atoms with Crippen molar-refractivity contribution >= 4 is 46.5 Å². The number of hydrogen-bond acceptors (Lipinski definition) is 5. The smallest absolute Gasteiger partial charge is 0.387 e. The molecule has 0 aromatic heterocycles. The first-order chi connectivity index (χ1) is 16.2. The summed E-state index contributed by atoms with van der Waals surface area (Å²) in [6, 6.07) is 10.2. The normalized spacial score (nSPS) is 15.7. The molecule has 1 aliphatic heterocycles. The Balaban J connectivity index is 2.04. The fourth-order valence-corrected chi connectivity index (χ4v) is 3.79. The predicted octanol–water partition coefficient (Wildman–Crippen LogP) is 4.61. The number of hydrogen-bond donors (Lipinski definition) is 1. The number of aliphatic imine (C=N–C) groups is 1. The van der Waals surface area contributed by atoms with Crippen LogP contribution in [-0.4, -0.2) is 53.2 Å². The van der Waals surface area contributed by atoms with E-state index in [4.69, 9.17) is 23.2 Å². The van der Waals surface area contributed by atoms with Gasteiger partial charge in [0.2, 0.25) is 11.9 Å². The number of likely N-dealkylation sites (N-methyl/N-ethyl adjacent to an activating group) is 1. The molecule has 1 unspecified atom stereocenters. The maximum atomic E-state index is 12.6. The lowest BCUT2D eigenvalue weighted by Crippen LogP contribution is -2.47. The second-order valence-electron chi connectivity index (χ2n) is 7.07. The Morgan fingerprint density at radius 3 is 2.74 bits per heavy atom. The number of amides is 1. The molecule has 2 aromatic rings. The summed E-state index contributed by atoms with van der Waals surface area (Å²) in [7, 11) is 0. The van der Waals surface area contributed by atoms with Crippen molar-refractivity contribution in [3.63, 3.8) is 0 Å². The van der Waals surface area contributed by atoms with E-state index in [0.717, 1.165) is 0 Å². The zero-order valence-electron chi connectivity index (χ0n) is 18.2. The van der Waals surface area contributed by atoms with Gasteiger partial charge in [-0.25, -0.2) is 10.0 Å². The Hall–Kier alpha value is -3.42. The van der Waals surface area contributed by atoms with E-state index in [1.807, 2.05) is 6.92 Å². The van der Waals surface area contributed by atoms with Crippen molar-refractivity contribution in [1.82, 2.24) is 15.2 Å². The summed E-state index contributed by atoms with van der Waals surface area (Å²) < 4.78 is 29.5. The summed E-state index contributed by atoms with van der Waals surface area (Å²) in [6.45, 7) is 0.909. The number of nitriles is 1. The number of hydrazone groups is 1. The molecule has 0 fully saturated rings. The molecule has 3 rings (SSSR count). The van der Waals surface area contributed by atoms with Gasteiger partial charge in [-0.1, -0.05) is 35.3 Å². The lowest BCUT2D eigenvalue weighted by atomic mass is 10.0. The van der Waals surface area contributed by atoms with Gasteiger partial charge in [-0.2, -0.15) is 19.1 Å². The number of carbonyl (C=O) groups excluding carboxylic acids is 1. The van der Waals surface area contributed by atoms with E-state index in [0.29, 0.717) is 27.9 Å². The van der Waals surface area contributed by atoms with Crippen LogP contribution in [0.25, 0.3) is 0 Å². The van der Waals surface area contributed by atoms with E-state index in [1.54, 1.807) is 35.4 Å². The molecule has 1 amide bonds. The van der Waals surface area contributed by atoms with Crippen LogP contribution in [0.3, 0.4) is 0 Å². The number of guanidine groups is 1. The summed E-state index contributed by atoms with van der Waals surface area (Å²) in [5.41, 5.74) is 1.42. The Bertz CT molecular complexity index is 1170. The molecule has 0 aliphatic carbocycles. The summed E-state index contributed by atoms with van der Waals surface area (Å²) in [4.78, 5) is 18.3. The zero-order valence-corrected chi connectivity index (χ0v) is 19.7. The fourth-order valence-electron chi connectivity index (χ4n) is 3.49. The second kappa shape index (κ2) is 11.1. The van der Waals surface area contributed by atoms with Crippen LogP contribution in [0.15, 0.2) is 52.6 Å². The highest BCUT2D eigenvalue weighted by atomic mass is 35.5. The van der Waals surface area contributed by atoms with Crippen molar-refractivity contribution in [1.29, 1.82) is 5.26 Å². The number of alkyl halides is 2. The molecule has 0 saturated carbocycles. The Kier molecular flexibility index (Phi) is 8.26. The minimum Gasteiger partial charge on any atom is -0.435 e. The van der Waals surface area contributed by atoms with Gasteiger partial charge in [-0.3, -0.25) is 10.1 Å². The van der Waals surface area contributed by atoms with Gasteiger partial charge in [0.05, 0.1) is 34.0 Å². The van der Waals surface area contributed by atoms with Gasteiger partial charge in [-0.05, 0) is 31.2 Å². The van der Waals surface area contributed by atoms with Gasteiger partial charge in [-0.15, -0.1) is 0 Å². The first kappa shape index (κ1) is 25.2. The van der Waals surface area contributed by atoms with Crippen molar-refractivity contribution in [2.45, 2.75) is 26.5 Å². The SMILES string of the molecule is CCN(C(C)=O)C1CN(C(=Nc2cccc(OC(F)F)c2)NC#N)N=C1c1ccc(Cl)c(Cl)c1. The third-order valence-electron chi connectivity index (χ3n) is 4.92. The van der Waals surface area contributed by atoms with Crippen LogP contribution in [0.1, 0.15) is 19.4 Å². The second-order valence-corrected chi connectivity index (χ2v) is 7.88. The lowest BCUT2D eigenvalue weighted by molar-refractivity contribution is -0.129. The molecule has 0 radical (unpaired) electrons. The van der Waals surface area contributed by atoms with Crippen LogP contribution >= 0.6 is 23.2 Å². The molecule has 1 aliphatic rings. The molecule has 12 heteroatoms. The Labute approximate surface area is 205 Å². The van der Waals surface area contributed by atoms with Crippen LogP contribution in [0, 0.1) is 11.5 Å². The van der Waals surface area contributed by atoms with E-state index < -0.39 is 12.7 Å². The van der Waals surface area contributed by atoms with Crippen molar-refractivity contribution in [3.05, 3.63) is 58.1 Å². The molecule has 0 spiro atoms. The summed E-state index contributed by atoms with van der Waals surface area (Å²) in [6.07, 6.45) is 1.80. The topological polar surface area (TPSA) is 93.3 Å². The summed E-state index contributed by atoms with van der Waals surface area (Å²) in [5.74, 6) is -0.206. The number of nitrogens with zero attached hydrogens (tertiary/aromatic N) is 5. The molecule has 2 aromatic carbocycles. The van der Waals surface area contributed by atoms with Crippen molar-refractivity contribution in [2.24, 2.45) is 10.1 Å². The molecular weight excluding hydrogens is 489 g/mol. The standard InChI is InChI=1S/C22H20Cl2F2N6O2/c1-3-31(13(2)33)19-11-32(30-20(19)14-7-8-17(23)18(24)9-14)22(28-12-27)29-15-5-4-6-16(10-15)34-21(25)26/h4-10,19,21H,3,11H2,1-2H3,(H,28,29). The highest BCUT2D eigenvalue weighted by molar-refractivity contribution is 6.42. The fraction of sp³-hybridized carbons (Fsp3) is 0.273. The van der Waals surface area contributed by atoms with Gasteiger partial charge < -0.3 is 9.64 Å². The van der Waals surface area contributed by atoms with Crippen LogP contribution < -0.4 is 10.1 Å². The zero-order chi connectivity index (χ0) is 24.8. The molecule has 0 bridgehead atoms. The molecule has 0 saturated heterocycles. The molecule has 1 atom stereocenters. The van der Waals surface area contributed by atoms with E-state index in [2.05, 4.69) is 20.1 Å². The van der Waals surface area contributed by atoms with E-state index in [1.165, 1.54) is 30.1 Å². The minimum atomic E-state index is -2.99. The summed E-state index contributed by atoms with van der Waals surface area (Å²) >= 11 is 12.2. The average Bonchev–Trinajstić information content (AvgIpc) is 3.20. The maximum Gasteiger partial charge on any atom is 0.387 e. The number of halogens is 4. The Morgan fingerprint density at radius 1 is 1.35 bits per heavy atom. The summed E-state index contributed by atoms with van der Waals surface area (Å²) in [5, 5.41) is 18.5. The van der Waals surface area contributed by atoms with Crippen LogP contribution in [-0.2, 0) is 4.79 Å². The molecule has 8 nitrogen and oxygen atoms in total. The molecule has 178 valence electrons. The van der Waals surface area contributed by atoms with Gasteiger partial charge in [0.1, 0.15) is 5.75 Å². The molecular formula is C22H20Cl2F2N6O2. The van der Waals surface area contributed by atoms with Crippen molar-refractivity contribution < 1.29 is 18.3 Å². The Morgan fingerprint density at radius 2 is 2.12 bits per heavy atom. The van der Waals surface area contributed by atoms with Gasteiger partial charge in [0.25, 0.3) is 0 Å². The number of benzene rings is 2. The average molecular weight is 509 g/mol. The first-order valence-electron chi connectivity index (χ1n) is 10.1. The third-order valence-corrected chi connectivity index (χ3v) is 5.66. The molecule has 1 N–H and O–H groups in total. The first-order valence-corrected chi connectivity index (χ1v) is 10.9. The van der Waals surface area contributed by atoms with Crippen molar-refractivity contribution in [2.75, 3.05) is 13.1 Å². The number of rotatable bonds is 6. The van der Waals surface area contributed by atoms with Crippen LogP contribution in [0.2, 0.25) is 10.0 Å².